The fraction of sp³-hybridized carbons (Fsp3) is 0.0833. The van der Waals surface area contributed by atoms with Gasteiger partial charge in [0.25, 0.3) is 0 Å². The van der Waals surface area contributed by atoms with Gasteiger partial charge in [-0.05, 0) is 24.4 Å². The number of nitrogens with zero attached hydrogens (tertiary/aromatic N) is 1. The van der Waals surface area contributed by atoms with Crippen LogP contribution in [0.2, 0.25) is 0 Å². The molecule has 92 valence electrons. The predicted octanol–water partition coefficient (Wildman–Crippen LogP) is 2.29. The highest BCUT2D eigenvalue weighted by molar-refractivity contribution is 7.80. The van der Waals surface area contributed by atoms with Crippen LogP contribution in [0.15, 0.2) is 36.5 Å². The quantitative estimate of drug-likeness (QED) is 0.771. The molecular weight excluding hydrogens is 250 g/mol. The Hall–Kier alpha value is -2.21. The SMILES string of the molecule is COC(=O)NC(=S)Nc1cnc2ccccc2c1. The van der Waals surface area contributed by atoms with Crippen molar-refractivity contribution in [2.45, 2.75) is 0 Å². The molecule has 0 aliphatic carbocycles. The van der Waals surface area contributed by atoms with Gasteiger partial charge < -0.3 is 10.1 Å². The lowest BCUT2D eigenvalue weighted by molar-refractivity contribution is 0.177. The highest BCUT2D eigenvalue weighted by atomic mass is 32.1. The number of hydrogen-bond acceptors (Lipinski definition) is 4. The Labute approximate surface area is 109 Å². The van der Waals surface area contributed by atoms with E-state index in [1.54, 1.807) is 6.20 Å². The third-order valence-corrected chi connectivity index (χ3v) is 2.45. The van der Waals surface area contributed by atoms with E-state index < -0.39 is 6.09 Å². The van der Waals surface area contributed by atoms with Crippen molar-refractivity contribution in [2.75, 3.05) is 12.4 Å². The number of nitrogens with one attached hydrogen (secondary N) is 2. The minimum absolute atomic E-state index is 0.166. The molecule has 2 rings (SSSR count). The van der Waals surface area contributed by atoms with Crippen molar-refractivity contribution >= 4 is 40.0 Å². The summed E-state index contributed by atoms with van der Waals surface area (Å²) in [5.74, 6) is 0. The second-order valence-corrected chi connectivity index (χ2v) is 3.90. The van der Waals surface area contributed by atoms with Crippen molar-refractivity contribution in [2.24, 2.45) is 0 Å². The monoisotopic (exact) mass is 261 g/mol. The summed E-state index contributed by atoms with van der Waals surface area (Å²) in [7, 11) is 1.27. The zero-order chi connectivity index (χ0) is 13.0. The number of anilines is 1. The smallest absolute Gasteiger partial charge is 0.413 e. The van der Waals surface area contributed by atoms with Crippen LogP contribution in [0.5, 0.6) is 0 Å². The zero-order valence-electron chi connectivity index (χ0n) is 9.64. The molecule has 5 nitrogen and oxygen atoms in total. The van der Waals surface area contributed by atoms with Gasteiger partial charge in [-0.1, -0.05) is 18.2 Å². The summed E-state index contributed by atoms with van der Waals surface area (Å²) < 4.78 is 4.44. The van der Waals surface area contributed by atoms with Gasteiger partial charge in [0, 0.05) is 5.39 Å². The third-order valence-electron chi connectivity index (χ3n) is 2.25. The molecule has 1 heterocycles. The summed E-state index contributed by atoms with van der Waals surface area (Å²) >= 11 is 4.95. The standard InChI is InChI=1S/C12H11N3O2S/c1-17-12(16)15-11(18)14-9-6-8-4-2-3-5-10(8)13-7-9/h2-7H,1H3,(H2,14,15,16,18). The average Bonchev–Trinajstić information content (AvgIpc) is 2.38. The average molecular weight is 261 g/mol. The van der Waals surface area contributed by atoms with E-state index in [1.165, 1.54) is 7.11 Å². The molecule has 18 heavy (non-hydrogen) atoms. The van der Waals surface area contributed by atoms with Crippen molar-refractivity contribution < 1.29 is 9.53 Å². The lowest BCUT2D eigenvalue weighted by atomic mass is 10.2. The second-order valence-electron chi connectivity index (χ2n) is 3.49. The van der Waals surface area contributed by atoms with Gasteiger partial charge in [0.2, 0.25) is 0 Å². The van der Waals surface area contributed by atoms with Crippen molar-refractivity contribution in [3.63, 3.8) is 0 Å². The van der Waals surface area contributed by atoms with Crippen LogP contribution in [0.1, 0.15) is 0 Å². The molecule has 1 aromatic heterocycles. The van der Waals surface area contributed by atoms with Gasteiger partial charge in [-0.25, -0.2) is 4.79 Å². The molecule has 6 heteroatoms. The summed E-state index contributed by atoms with van der Waals surface area (Å²) in [6.07, 6.45) is 1.04. The third kappa shape index (κ3) is 2.92. The number of methoxy groups -OCH3 is 1. The van der Waals surface area contributed by atoms with E-state index in [1.807, 2.05) is 30.3 Å². The van der Waals surface area contributed by atoms with Crippen LogP contribution in [0.3, 0.4) is 0 Å². The predicted molar refractivity (Wildman–Crippen MR) is 73.5 cm³/mol. The Morgan fingerprint density at radius 3 is 2.94 bits per heavy atom. The number of ether oxygens (including phenoxy) is 1. The van der Waals surface area contributed by atoms with Crippen LogP contribution < -0.4 is 10.6 Å². The maximum Gasteiger partial charge on any atom is 0.413 e. The Bertz CT molecular complexity index is 601. The Morgan fingerprint density at radius 2 is 2.17 bits per heavy atom. The van der Waals surface area contributed by atoms with Gasteiger partial charge >= 0.3 is 6.09 Å². The minimum Gasteiger partial charge on any atom is -0.453 e. The highest BCUT2D eigenvalue weighted by Gasteiger charge is 2.04. The molecule has 0 unspecified atom stereocenters. The second kappa shape index (κ2) is 5.42. The summed E-state index contributed by atoms with van der Waals surface area (Å²) in [4.78, 5) is 15.2. The number of amides is 1. The number of fused-ring (bicyclic) bond motifs is 1. The fourth-order valence-corrected chi connectivity index (χ4v) is 1.65. The van der Waals surface area contributed by atoms with E-state index in [2.05, 4.69) is 20.4 Å². The molecule has 0 saturated carbocycles. The molecule has 1 aromatic carbocycles. The number of aromatic nitrogens is 1. The summed E-state index contributed by atoms with van der Waals surface area (Å²) in [5, 5.41) is 6.37. The molecular formula is C12H11N3O2S. The van der Waals surface area contributed by atoms with E-state index in [-0.39, 0.29) is 5.11 Å². The first-order chi connectivity index (χ1) is 8.69. The van der Waals surface area contributed by atoms with Crippen molar-refractivity contribution in [3.8, 4) is 0 Å². The first kappa shape index (κ1) is 12.3. The number of alkyl carbamates (subject to hydrolysis) is 1. The molecule has 0 bridgehead atoms. The molecule has 0 aliphatic heterocycles. The van der Waals surface area contributed by atoms with E-state index >= 15 is 0 Å². The van der Waals surface area contributed by atoms with Crippen LogP contribution in [-0.4, -0.2) is 23.3 Å². The van der Waals surface area contributed by atoms with Gasteiger partial charge in [0.05, 0.1) is 24.5 Å². The molecule has 0 aliphatic rings. The van der Waals surface area contributed by atoms with Crippen LogP contribution >= 0.6 is 12.2 Å². The molecule has 1 amide bonds. The van der Waals surface area contributed by atoms with Gasteiger partial charge in [0.1, 0.15) is 0 Å². The largest absolute Gasteiger partial charge is 0.453 e. The highest BCUT2D eigenvalue weighted by Crippen LogP contribution is 2.15. The van der Waals surface area contributed by atoms with Crippen molar-refractivity contribution in [1.29, 1.82) is 0 Å². The first-order valence-corrected chi connectivity index (χ1v) is 5.60. The van der Waals surface area contributed by atoms with Gasteiger partial charge in [-0.2, -0.15) is 0 Å². The summed E-state index contributed by atoms with van der Waals surface area (Å²) in [6, 6.07) is 9.62. The van der Waals surface area contributed by atoms with E-state index in [9.17, 15) is 4.79 Å². The number of carbonyl (C=O) groups excluding carboxylic acids is 1. The van der Waals surface area contributed by atoms with Crippen LogP contribution in [0.25, 0.3) is 10.9 Å². The van der Waals surface area contributed by atoms with Gasteiger partial charge in [0.15, 0.2) is 5.11 Å². The molecule has 2 aromatic rings. The van der Waals surface area contributed by atoms with Crippen LogP contribution in [-0.2, 0) is 4.74 Å². The van der Waals surface area contributed by atoms with E-state index in [4.69, 9.17) is 12.2 Å². The minimum atomic E-state index is -0.610. The number of rotatable bonds is 1. The Morgan fingerprint density at radius 1 is 1.39 bits per heavy atom. The van der Waals surface area contributed by atoms with Crippen molar-refractivity contribution in [3.05, 3.63) is 36.5 Å². The fourth-order valence-electron chi connectivity index (χ4n) is 1.45. The summed E-state index contributed by atoms with van der Waals surface area (Å²) in [6.45, 7) is 0. The number of thiocarbonyl (C=S) groups is 1. The van der Waals surface area contributed by atoms with Crippen LogP contribution in [0.4, 0.5) is 10.5 Å². The Kier molecular flexibility index (Phi) is 3.69. The molecule has 0 radical (unpaired) electrons. The molecule has 0 fully saturated rings. The van der Waals surface area contributed by atoms with E-state index in [0.717, 1.165) is 10.9 Å². The number of pyridine rings is 1. The summed E-state index contributed by atoms with van der Waals surface area (Å²) in [5.41, 5.74) is 1.60. The number of carbonyl (C=O) groups is 1. The first-order valence-electron chi connectivity index (χ1n) is 5.20. The number of benzene rings is 1. The lowest BCUT2D eigenvalue weighted by Crippen LogP contribution is -2.33. The Balaban J connectivity index is 2.12. The number of para-hydroxylation sites is 1. The maximum atomic E-state index is 10.9. The van der Waals surface area contributed by atoms with Crippen LogP contribution in [0, 0.1) is 0 Å². The molecule has 0 saturated heterocycles. The van der Waals surface area contributed by atoms with Gasteiger partial charge in [-0.3, -0.25) is 10.3 Å². The van der Waals surface area contributed by atoms with Gasteiger partial charge in [-0.15, -0.1) is 0 Å². The van der Waals surface area contributed by atoms with Crippen molar-refractivity contribution in [1.82, 2.24) is 10.3 Å². The normalized spacial score (nSPS) is 9.83. The molecule has 0 atom stereocenters. The number of hydrogen-bond donors (Lipinski definition) is 2. The topological polar surface area (TPSA) is 63.2 Å². The van der Waals surface area contributed by atoms with E-state index in [0.29, 0.717) is 5.69 Å². The molecule has 2 N–H and O–H groups in total. The molecule has 0 spiro atoms. The lowest BCUT2D eigenvalue weighted by Gasteiger charge is -2.08. The maximum absolute atomic E-state index is 10.9. The zero-order valence-corrected chi connectivity index (χ0v) is 10.5.